The monoisotopic (exact) mass is 393 g/mol. The second-order valence-corrected chi connectivity index (χ2v) is 6.71. The Morgan fingerprint density at radius 3 is 2.74 bits per heavy atom. The zero-order valence-corrected chi connectivity index (χ0v) is 15.3. The molecule has 0 radical (unpaired) electrons. The van der Waals surface area contributed by atoms with Gasteiger partial charge in [-0.1, -0.05) is 23.4 Å². The molecule has 2 aromatic heterocycles. The third-order valence-corrected chi connectivity index (χ3v) is 4.62. The predicted molar refractivity (Wildman–Crippen MR) is 95.5 cm³/mol. The number of rotatable bonds is 8. The van der Waals surface area contributed by atoms with Crippen molar-refractivity contribution in [3.8, 4) is 16.5 Å². The zero-order valence-electron chi connectivity index (χ0n) is 14.5. The molecule has 6 nitrogen and oxygen atoms in total. The van der Waals surface area contributed by atoms with Crippen LogP contribution in [0.2, 0.25) is 0 Å². The molecule has 0 N–H and O–H groups in total. The molecule has 0 saturated carbocycles. The number of hydrogen-bond donors (Lipinski definition) is 0. The van der Waals surface area contributed by atoms with Gasteiger partial charge >= 0.3 is 6.61 Å². The number of carbonyl (C=O) groups is 1. The zero-order chi connectivity index (χ0) is 19.2. The highest BCUT2D eigenvalue weighted by Crippen LogP contribution is 2.21. The first kappa shape index (κ1) is 19.0. The van der Waals surface area contributed by atoms with Crippen LogP contribution in [0.5, 0.6) is 5.75 Å². The van der Waals surface area contributed by atoms with E-state index in [2.05, 4.69) is 14.9 Å². The minimum Gasteiger partial charge on any atom is -0.435 e. The largest absolute Gasteiger partial charge is 0.435 e. The van der Waals surface area contributed by atoms with Crippen molar-refractivity contribution in [2.24, 2.45) is 0 Å². The molecule has 0 spiro atoms. The lowest BCUT2D eigenvalue weighted by Crippen LogP contribution is -2.26. The number of benzene rings is 1. The Kier molecular flexibility index (Phi) is 6.12. The van der Waals surface area contributed by atoms with Crippen molar-refractivity contribution in [1.82, 2.24) is 15.0 Å². The highest BCUT2D eigenvalue weighted by molar-refractivity contribution is 7.13. The second-order valence-electron chi connectivity index (χ2n) is 5.76. The lowest BCUT2D eigenvalue weighted by Gasteiger charge is -2.17. The van der Waals surface area contributed by atoms with Gasteiger partial charge in [-0.25, -0.2) is 0 Å². The molecular weight excluding hydrogens is 376 g/mol. The van der Waals surface area contributed by atoms with Crippen molar-refractivity contribution < 1.29 is 22.8 Å². The standard InChI is InChI=1S/C18H17F2N3O3S/c1-23(11-12-4-6-13(7-5-12)25-18(19)20)16(24)9-8-15-21-17(22-26-15)14-3-2-10-27-14/h2-7,10,18H,8-9,11H2,1H3. The molecule has 0 aliphatic heterocycles. The average Bonchev–Trinajstić information content (AvgIpc) is 3.32. The molecule has 0 bridgehead atoms. The first-order valence-corrected chi connectivity index (χ1v) is 9.03. The Morgan fingerprint density at radius 1 is 1.30 bits per heavy atom. The smallest absolute Gasteiger partial charge is 0.387 e. The molecule has 2 heterocycles. The minimum absolute atomic E-state index is 0.0840. The molecule has 142 valence electrons. The Labute approximate surface area is 158 Å². The highest BCUT2D eigenvalue weighted by atomic mass is 32.1. The van der Waals surface area contributed by atoms with Crippen LogP contribution in [0.15, 0.2) is 46.3 Å². The summed E-state index contributed by atoms with van der Waals surface area (Å²) in [7, 11) is 1.68. The summed E-state index contributed by atoms with van der Waals surface area (Å²) in [6.07, 6.45) is 0.581. The Balaban J connectivity index is 1.49. The Morgan fingerprint density at radius 2 is 2.07 bits per heavy atom. The number of alkyl halides is 2. The summed E-state index contributed by atoms with van der Waals surface area (Å²) >= 11 is 1.51. The number of thiophene rings is 1. The van der Waals surface area contributed by atoms with E-state index in [-0.39, 0.29) is 18.1 Å². The van der Waals surface area contributed by atoms with Gasteiger partial charge in [0.1, 0.15) is 5.75 Å². The van der Waals surface area contributed by atoms with E-state index >= 15 is 0 Å². The summed E-state index contributed by atoms with van der Waals surface area (Å²) in [5.41, 5.74) is 0.810. The van der Waals surface area contributed by atoms with E-state index in [4.69, 9.17) is 4.52 Å². The van der Waals surface area contributed by atoms with Gasteiger partial charge in [-0.3, -0.25) is 4.79 Å². The number of aryl methyl sites for hydroxylation is 1. The van der Waals surface area contributed by atoms with Crippen LogP contribution in [0.4, 0.5) is 8.78 Å². The lowest BCUT2D eigenvalue weighted by molar-refractivity contribution is -0.130. The lowest BCUT2D eigenvalue weighted by atomic mass is 10.2. The van der Waals surface area contributed by atoms with Gasteiger partial charge < -0.3 is 14.2 Å². The van der Waals surface area contributed by atoms with Crippen LogP contribution >= 0.6 is 11.3 Å². The summed E-state index contributed by atoms with van der Waals surface area (Å²) < 4.78 is 33.8. The molecule has 0 atom stereocenters. The van der Waals surface area contributed by atoms with Crippen LogP contribution in [0.1, 0.15) is 17.9 Å². The van der Waals surface area contributed by atoms with Gasteiger partial charge in [0, 0.05) is 26.4 Å². The molecule has 0 saturated heterocycles. The van der Waals surface area contributed by atoms with Crippen molar-refractivity contribution in [2.45, 2.75) is 26.0 Å². The van der Waals surface area contributed by atoms with Gasteiger partial charge in [0.15, 0.2) is 0 Å². The van der Waals surface area contributed by atoms with Gasteiger partial charge in [0.25, 0.3) is 0 Å². The van der Waals surface area contributed by atoms with Crippen LogP contribution in [0.25, 0.3) is 10.7 Å². The van der Waals surface area contributed by atoms with Gasteiger partial charge in [0.05, 0.1) is 4.88 Å². The maximum atomic E-state index is 12.3. The molecule has 1 aromatic carbocycles. The number of aromatic nitrogens is 2. The van der Waals surface area contributed by atoms with Crippen LogP contribution in [-0.2, 0) is 17.8 Å². The van der Waals surface area contributed by atoms with E-state index in [1.165, 1.54) is 23.5 Å². The molecule has 0 aliphatic rings. The van der Waals surface area contributed by atoms with Crippen molar-refractivity contribution in [3.63, 3.8) is 0 Å². The third kappa shape index (κ3) is 5.33. The van der Waals surface area contributed by atoms with Gasteiger partial charge in [-0.05, 0) is 29.1 Å². The maximum absolute atomic E-state index is 12.3. The molecule has 0 fully saturated rings. The van der Waals surface area contributed by atoms with Crippen LogP contribution < -0.4 is 4.74 Å². The second kappa shape index (κ2) is 8.72. The normalized spacial score (nSPS) is 11.0. The number of amides is 1. The molecule has 1 amide bonds. The fourth-order valence-electron chi connectivity index (χ4n) is 2.41. The minimum atomic E-state index is -2.86. The summed E-state index contributed by atoms with van der Waals surface area (Å²) in [5.74, 6) is 0.931. The third-order valence-electron chi connectivity index (χ3n) is 3.76. The first-order valence-electron chi connectivity index (χ1n) is 8.15. The maximum Gasteiger partial charge on any atom is 0.387 e. The predicted octanol–water partition coefficient (Wildman–Crippen LogP) is 3.99. The molecule has 3 rings (SSSR count). The van der Waals surface area contributed by atoms with E-state index in [1.54, 1.807) is 24.1 Å². The average molecular weight is 393 g/mol. The number of halogens is 2. The summed E-state index contributed by atoms with van der Waals surface area (Å²) in [5, 5.41) is 5.84. The van der Waals surface area contributed by atoms with E-state index in [0.717, 1.165) is 10.4 Å². The van der Waals surface area contributed by atoms with Crippen molar-refractivity contribution in [3.05, 3.63) is 53.2 Å². The molecule has 3 aromatic rings. The highest BCUT2D eigenvalue weighted by Gasteiger charge is 2.14. The fourth-order valence-corrected chi connectivity index (χ4v) is 3.05. The molecule has 27 heavy (non-hydrogen) atoms. The number of hydrogen-bond acceptors (Lipinski definition) is 6. The van der Waals surface area contributed by atoms with E-state index in [0.29, 0.717) is 24.7 Å². The summed E-state index contributed by atoms with van der Waals surface area (Å²) in [4.78, 5) is 19.0. The van der Waals surface area contributed by atoms with Crippen LogP contribution in [0, 0.1) is 0 Å². The number of carbonyl (C=O) groups excluding carboxylic acids is 1. The molecule has 9 heteroatoms. The SMILES string of the molecule is CN(Cc1ccc(OC(F)F)cc1)C(=O)CCc1nc(-c2cccs2)no1. The van der Waals surface area contributed by atoms with E-state index in [9.17, 15) is 13.6 Å². The van der Waals surface area contributed by atoms with Gasteiger partial charge in [-0.2, -0.15) is 13.8 Å². The molecule has 0 aliphatic carbocycles. The summed E-state index contributed by atoms with van der Waals surface area (Å²) in [6.45, 7) is -2.50. The molecule has 0 unspecified atom stereocenters. The summed E-state index contributed by atoms with van der Waals surface area (Å²) in [6, 6.07) is 9.99. The van der Waals surface area contributed by atoms with Crippen molar-refractivity contribution in [1.29, 1.82) is 0 Å². The van der Waals surface area contributed by atoms with E-state index < -0.39 is 6.61 Å². The Bertz CT molecular complexity index is 866. The number of nitrogens with zero attached hydrogens (tertiary/aromatic N) is 3. The van der Waals surface area contributed by atoms with Crippen molar-refractivity contribution >= 4 is 17.2 Å². The first-order chi connectivity index (χ1) is 13.0. The fraction of sp³-hybridized carbons (Fsp3) is 0.278. The van der Waals surface area contributed by atoms with Crippen molar-refractivity contribution in [2.75, 3.05) is 7.05 Å². The van der Waals surface area contributed by atoms with Crippen LogP contribution in [0.3, 0.4) is 0 Å². The quantitative estimate of drug-likeness (QED) is 0.579. The van der Waals surface area contributed by atoms with Gasteiger partial charge in [0.2, 0.25) is 17.6 Å². The van der Waals surface area contributed by atoms with Gasteiger partial charge in [-0.15, -0.1) is 11.3 Å². The van der Waals surface area contributed by atoms with E-state index in [1.807, 2.05) is 17.5 Å². The number of ether oxygens (including phenoxy) is 1. The molecular formula is C18H17F2N3O3S. The Hall–Kier alpha value is -2.81. The topological polar surface area (TPSA) is 68.5 Å². The van der Waals surface area contributed by atoms with Crippen LogP contribution in [-0.4, -0.2) is 34.6 Å².